The van der Waals surface area contributed by atoms with E-state index >= 15 is 0 Å². The number of carboxylic acid groups (broad SMARTS) is 1. The van der Waals surface area contributed by atoms with Gasteiger partial charge < -0.3 is 19.9 Å². The summed E-state index contributed by atoms with van der Waals surface area (Å²) in [5, 5.41) is 12.4. The number of nitrogens with one attached hydrogen (secondary N) is 1. The van der Waals surface area contributed by atoms with Gasteiger partial charge in [-0.05, 0) is 47.9 Å². The number of ether oxygens (including phenoxy) is 2. The number of carbonyl (C=O) groups is 2. The number of hydrogen-bond donors (Lipinski definition) is 2. The molecule has 1 aliphatic heterocycles. The molecule has 1 saturated heterocycles. The van der Waals surface area contributed by atoms with Crippen molar-refractivity contribution in [1.82, 2.24) is 5.32 Å². The molecule has 1 fully saturated rings. The van der Waals surface area contributed by atoms with E-state index in [4.69, 9.17) is 9.47 Å². The molecule has 6 heteroatoms. The summed E-state index contributed by atoms with van der Waals surface area (Å²) in [5.74, 6) is -1.32. The maximum Gasteiger partial charge on any atom is 0.408 e. The van der Waals surface area contributed by atoms with Gasteiger partial charge in [-0.1, -0.05) is 48.5 Å². The molecule has 1 heterocycles. The van der Waals surface area contributed by atoms with Crippen molar-refractivity contribution >= 4 is 12.1 Å². The van der Waals surface area contributed by atoms with E-state index in [-0.39, 0.29) is 18.4 Å². The van der Waals surface area contributed by atoms with Gasteiger partial charge in [0, 0.05) is 19.1 Å². The van der Waals surface area contributed by atoms with E-state index in [1.165, 1.54) is 0 Å². The predicted octanol–water partition coefficient (Wildman–Crippen LogP) is 3.80. The van der Waals surface area contributed by atoms with Crippen molar-refractivity contribution < 1.29 is 24.2 Å². The molecule has 29 heavy (non-hydrogen) atoms. The normalized spacial score (nSPS) is 18.4. The average Bonchev–Trinajstić information content (AvgIpc) is 3.06. The lowest BCUT2D eigenvalue weighted by atomic mass is 9.80. The highest BCUT2D eigenvalue weighted by molar-refractivity contribution is 5.84. The molecule has 2 aromatic rings. The summed E-state index contributed by atoms with van der Waals surface area (Å²) in [6.45, 7) is 2.70. The molecule has 0 aromatic heterocycles. The van der Waals surface area contributed by atoms with Crippen LogP contribution in [-0.4, -0.2) is 42.5 Å². The van der Waals surface area contributed by atoms with Gasteiger partial charge in [0.2, 0.25) is 0 Å². The minimum Gasteiger partial charge on any atom is -0.480 e. The van der Waals surface area contributed by atoms with Gasteiger partial charge in [-0.2, -0.15) is 0 Å². The van der Waals surface area contributed by atoms with Gasteiger partial charge in [0.1, 0.15) is 12.1 Å². The van der Waals surface area contributed by atoms with Crippen LogP contribution in [0.4, 0.5) is 4.79 Å². The lowest BCUT2D eigenvalue weighted by molar-refractivity contribution is -0.148. The van der Waals surface area contributed by atoms with Crippen LogP contribution >= 0.6 is 0 Å². The molecular weight excluding hydrogens is 370 g/mol. The van der Waals surface area contributed by atoms with Crippen LogP contribution in [0, 0.1) is 5.92 Å². The number of hydrogen-bond acceptors (Lipinski definition) is 4. The van der Waals surface area contributed by atoms with E-state index in [1.54, 1.807) is 6.92 Å². The summed E-state index contributed by atoms with van der Waals surface area (Å²) in [6.07, 6.45) is 0.474. The lowest BCUT2D eigenvalue weighted by Crippen LogP contribution is -2.58. The van der Waals surface area contributed by atoms with Crippen LogP contribution in [0.2, 0.25) is 0 Å². The first-order chi connectivity index (χ1) is 14.0. The van der Waals surface area contributed by atoms with E-state index < -0.39 is 17.6 Å². The summed E-state index contributed by atoms with van der Waals surface area (Å²) in [7, 11) is 0. The molecule has 1 amide bonds. The Morgan fingerprint density at radius 1 is 1.07 bits per heavy atom. The fraction of sp³-hybridized carbons (Fsp3) is 0.391. The van der Waals surface area contributed by atoms with Gasteiger partial charge in [0.15, 0.2) is 0 Å². The average molecular weight is 395 g/mol. The molecule has 0 unspecified atom stereocenters. The number of rotatable bonds is 5. The van der Waals surface area contributed by atoms with E-state index in [9.17, 15) is 14.7 Å². The zero-order valence-electron chi connectivity index (χ0n) is 16.4. The van der Waals surface area contributed by atoms with Crippen molar-refractivity contribution in [3.05, 3.63) is 59.7 Å². The predicted molar refractivity (Wildman–Crippen MR) is 108 cm³/mol. The van der Waals surface area contributed by atoms with Gasteiger partial charge in [0.25, 0.3) is 0 Å². The molecule has 4 rings (SSSR count). The van der Waals surface area contributed by atoms with Crippen molar-refractivity contribution in [2.24, 2.45) is 5.92 Å². The number of amides is 1. The summed E-state index contributed by atoms with van der Waals surface area (Å²) < 4.78 is 10.9. The van der Waals surface area contributed by atoms with Crippen LogP contribution in [0.25, 0.3) is 11.1 Å². The zero-order chi connectivity index (χ0) is 20.4. The SMILES string of the molecule is C[C@@](NC(=O)OCC1c2ccccc2-c2ccccc21)(C(=O)O)C1CCOCC1. The van der Waals surface area contributed by atoms with E-state index in [2.05, 4.69) is 17.4 Å². The Balaban J connectivity index is 1.47. The summed E-state index contributed by atoms with van der Waals surface area (Å²) >= 11 is 0. The Bertz CT molecular complexity index is 875. The minimum absolute atomic E-state index is 0.0627. The van der Waals surface area contributed by atoms with Gasteiger partial charge in [-0.25, -0.2) is 9.59 Å². The summed E-state index contributed by atoms with van der Waals surface area (Å²) in [4.78, 5) is 24.5. The zero-order valence-corrected chi connectivity index (χ0v) is 16.4. The Labute approximate surface area is 169 Å². The second kappa shape index (κ2) is 7.87. The van der Waals surface area contributed by atoms with Gasteiger partial charge in [0.05, 0.1) is 0 Å². The Hall–Kier alpha value is -2.86. The number of carbonyl (C=O) groups excluding carboxylic acids is 1. The van der Waals surface area contributed by atoms with Crippen molar-refractivity contribution in [2.45, 2.75) is 31.2 Å². The van der Waals surface area contributed by atoms with E-state index in [1.807, 2.05) is 36.4 Å². The van der Waals surface area contributed by atoms with E-state index in [0.717, 1.165) is 22.3 Å². The summed E-state index contributed by atoms with van der Waals surface area (Å²) in [5.41, 5.74) is 3.15. The maximum absolute atomic E-state index is 12.6. The Morgan fingerprint density at radius 3 is 2.17 bits per heavy atom. The Kier molecular flexibility index (Phi) is 5.28. The fourth-order valence-electron chi connectivity index (χ4n) is 4.45. The molecule has 1 atom stereocenters. The van der Waals surface area contributed by atoms with Crippen LogP contribution in [0.15, 0.2) is 48.5 Å². The lowest BCUT2D eigenvalue weighted by Gasteiger charge is -2.36. The molecule has 0 spiro atoms. The van der Waals surface area contributed by atoms with Gasteiger partial charge in [-0.15, -0.1) is 0 Å². The maximum atomic E-state index is 12.6. The first-order valence-electron chi connectivity index (χ1n) is 9.95. The van der Waals surface area contributed by atoms with E-state index in [0.29, 0.717) is 26.1 Å². The monoisotopic (exact) mass is 395 g/mol. The second-order valence-corrected chi connectivity index (χ2v) is 7.84. The molecule has 1 aliphatic carbocycles. The van der Waals surface area contributed by atoms with Crippen LogP contribution in [0.5, 0.6) is 0 Å². The van der Waals surface area contributed by atoms with Crippen molar-refractivity contribution in [3.63, 3.8) is 0 Å². The molecule has 6 nitrogen and oxygen atoms in total. The van der Waals surface area contributed by atoms with Crippen molar-refractivity contribution in [3.8, 4) is 11.1 Å². The van der Waals surface area contributed by atoms with Crippen molar-refractivity contribution in [2.75, 3.05) is 19.8 Å². The van der Waals surface area contributed by atoms with Crippen LogP contribution in [0.1, 0.15) is 36.8 Å². The van der Waals surface area contributed by atoms with Crippen molar-refractivity contribution in [1.29, 1.82) is 0 Å². The number of benzene rings is 2. The topological polar surface area (TPSA) is 84.9 Å². The third-order valence-electron chi connectivity index (χ3n) is 6.19. The molecule has 152 valence electrons. The standard InChI is InChI=1S/C23H25NO5/c1-23(21(25)26,15-10-12-28-13-11-15)24-22(27)29-14-20-18-8-4-2-6-16(18)17-7-3-5-9-19(17)20/h2-9,15,20H,10-14H2,1H3,(H,24,27)(H,25,26)/t23-/m0/s1. The highest BCUT2D eigenvalue weighted by Crippen LogP contribution is 2.44. The summed E-state index contributed by atoms with van der Waals surface area (Å²) in [6, 6.07) is 16.2. The fourth-order valence-corrected chi connectivity index (χ4v) is 4.45. The van der Waals surface area contributed by atoms with Crippen LogP contribution < -0.4 is 5.32 Å². The molecule has 2 N–H and O–H groups in total. The molecule has 2 aliphatic rings. The van der Waals surface area contributed by atoms with Crippen LogP contribution in [-0.2, 0) is 14.3 Å². The molecule has 0 saturated carbocycles. The smallest absolute Gasteiger partial charge is 0.408 e. The number of aliphatic carboxylic acids is 1. The molecule has 2 aromatic carbocycles. The Morgan fingerprint density at radius 2 is 1.62 bits per heavy atom. The second-order valence-electron chi connectivity index (χ2n) is 7.84. The molecule has 0 radical (unpaired) electrons. The highest BCUT2D eigenvalue weighted by atomic mass is 16.5. The number of alkyl carbamates (subject to hydrolysis) is 1. The first kappa shape index (κ1) is 19.5. The first-order valence-corrected chi connectivity index (χ1v) is 9.95. The van der Waals surface area contributed by atoms with Gasteiger partial charge >= 0.3 is 12.1 Å². The quantitative estimate of drug-likeness (QED) is 0.805. The largest absolute Gasteiger partial charge is 0.480 e. The minimum atomic E-state index is -1.38. The third-order valence-corrected chi connectivity index (χ3v) is 6.19. The molecule has 0 bridgehead atoms. The molecular formula is C23H25NO5. The van der Waals surface area contributed by atoms with Gasteiger partial charge in [-0.3, -0.25) is 0 Å². The third kappa shape index (κ3) is 3.60. The number of fused-ring (bicyclic) bond motifs is 3. The van der Waals surface area contributed by atoms with Crippen LogP contribution in [0.3, 0.4) is 0 Å². The number of carboxylic acids is 1. The highest BCUT2D eigenvalue weighted by Gasteiger charge is 2.44.